The van der Waals surface area contributed by atoms with E-state index in [4.69, 9.17) is 0 Å². The number of hydrogen-bond donors (Lipinski definition) is 0. The molecule has 1 aliphatic rings. The van der Waals surface area contributed by atoms with E-state index >= 15 is 0 Å². The Kier molecular flexibility index (Phi) is 14.7. The SMILES string of the molecule is C1N=NN=N1.[H-].[H-].[K+].[K+]. The molecule has 0 saturated carbocycles. The minimum Gasteiger partial charge on any atom is -1.00 e. The summed E-state index contributed by atoms with van der Waals surface area (Å²) in [6, 6.07) is 0. The van der Waals surface area contributed by atoms with Crippen molar-refractivity contribution in [2.75, 3.05) is 6.67 Å². The van der Waals surface area contributed by atoms with Gasteiger partial charge in [0.1, 0.15) is 0 Å². The van der Waals surface area contributed by atoms with Gasteiger partial charge in [-0.15, -0.1) is 10.2 Å². The molecular weight excluding hydrogens is 146 g/mol. The molecule has 0 spiro atoms. The summed E-state index contributed by atoms with van der Waals surface area (Å²) >= 11 is 0. The molecule has 0 aromatic carbocycles. The van der Waals surface area contributed by atoms with Gasteiger partial charge in [0.15, 0.2) is 6.67 Å². The van der Waals surface area contributed by atoms with Crippen LogP contribution in [0.5, 0.6) is 0 Å². The van der Waals surface area contributed by atoms with Gasteiger partial charge in [-0.3, -0.25) is 0 Å². The van der Waals surface area contributed by atoms with Gasteiger partial charge in [0.25, 0.3) is 0 Å². The molecule has 0 N–H and O–H groups in total. The van der Waals surface area contributed by atoms with Gasteiger partial charge in [-0.25, -0.2) is 0 Å². The van der Waals surface area contributed by atoms with Crippen LogP contribution in [0, 0.1) is 0 Å². The number of rotatable bonds is 0. The van der Waals surface area contributed by atoms with E-state index in [9.17, 15) is 0 Å². The smallest absolute Gasteiger partial charge is 1.00 e. The Bertz CT molecular complexity index is 74.6. The van der Waals surface area contributed by atoms with Crippen LogP contribution in [0.1, 0.15) is 2.85 Å². The van der Waals surface area contributed by atoms with Crippen molar-refractivity contribution < 1.29 is 106 Å². The quantitative estimate of drug-likeness (QED) is 0.311. The van der Waals surface area contributed by atoms with Crippen molar-refractivity contribution in [2.24, 2.45) is 20.7 Å². The van der Waals surface area contributed by atoms with E-state index in [1.54, 1.807) is 0 Å². The minimum atomic E-state index is 0. The summed E-state index contributed by atoms with van der Waals surface area (Å²) in [6.07, 6.45) is 0. The molecular formula is CH4K2N4. The van der Waals surface area contributed by atoms with Crippen molar-refractivity contribution in [2.45, 2.75) is 0 Å². The molecule has 0 bridgehead atoms. The predicted octanol–water partition coefficient (Wildman–Crippen LogP) is -4.99. The van der Waals surface area contributed by atoms with Gasteiger partial charge in [0.05, 0.1) is 0 Å². The van der Waals surface area contributed by atoms with E-state index in [2.05, 4.69) is 20.7 Å². The van der Waals surface area contributed by atoms with Crippen LogP contribution in [0.4, 0.5) is 0 Å². The normalized spacial score (nSPS) is 12.6. The van der Waals surface area contributed by atoms with Gasteiger partial charge < -0.3 is 2.85 Å². The first-order valence-electron chi connectivity index (χ1n) is 1.23. The first-order chi connectivity index (χ1) is 2.50. The summed E-state index contributed by atoms with van der Waals surface area (Å²) in [5.74, 6) is 0. The molecule has 0 unspecified atom stereocenters. The topological polar surface area (TPSA) is 49.4 Å². The van der Waals surface area contributed by atoms with Gasteiger partial charge in [-0.05, 0) is 10.4 Å². The van der Waals surface area contributed by atoms with Crippen LogP contribution in [0.2, 0.25) is 0 Å². The molecule has 0 radical (unpaired) electrons. The molecule has 0 amide bonds. The molecule has 0 atom stereocenters. The summed E-state index contributed by atoms with van der Waals surface area (Å²) in [7, 11) is 0. The molecule has 1 aliphatic heterocycles. The van der Waals surface area contributed by atoms with Gasteiger partial charge in [-0.1, -0.05) is 0 Å². The van der Waals surface area contributed by atoms with E-state index in [-0.39, 0.29) is 106 Å². The zero-order valence-corrected chi connectivity index (χ0v) is 10.7. The fourth-order valence-electron chi connectivity index (χ4n) is 0.141. The van der Waals surface area contributed by atoms with Crippen molar-refractivity contribution in [1.82, 2.24) is 0 Å². The van der Waals surface area contributed by atoms with Gasteiger partial charge in [0.2, 0.25) is 0 Å². The second-order valence-corrected chi connectivity index (χ2v) is 0.603. The van der Waals surface area contributed by atoms with Crippen LogP contribution in [-0.2, 0) is 0 Å². The van der Waals surface area contributed by atoms with E-state index in [0.29, 0.717) is 6.67 Å². The largest absolute Gasteiger partial charge is 1.00 e. The third-order valence-electron chi connectivity index (χ3n) is 0.293. The van der Waals surface area contributed by atoms with Crippen LogP contribution in [0.15, 0.2) is 20.7 Å². The Morgan fingerprint density at radius 3 is 1.57 bits per heavy atom. The summed E-state index contributed by atoms with van der Waals surface area (Å²) in [5, 5.41) is 13.1. The van der Waals surface area contributed by atoms with Crippen LogP contribution in [-0.4, -0.2) is 6.67 Å². The third kappa shape index (κ3) is 6.36. The van der Waals surface area contributed by atoms with Gasteiger partial charge in [-0.2, -0.15) is 0 Å². The van der Waals surface area contributed by atoms with E-state index < -0.39 is 0 Å². The Morgan fingerprint density at radius 1 is 1.00 bits per heavy atom. The van der Waals surface area contributed by atoms with Crippen molar-refractivity contribution in [3.05, 3.63) is 0 Å². The summed E-state index contributed by atoms with van der Waals surface area (Å²) in [4.78, 5) is 0. The maximum atomic E-state index is 3.38. The number of nitrogens with zero attached hydrogens (tertiary/aromatic N) is 4. The zero-order valence-electron chi connectivity index (χ0n) is 6.50. The average molecular weight is 150 g/mol. The Labute approximate surface area is 129 Å². The average Bonchev–Trinajstić information content (AvgIpc) is 1.76. The molecule has 0 aromatic heterocycles. The molecule has 6 heteroatoms. The predicted molar refractivity (Wildman–Crippen MR) is 16.8 cm³/mol. The van der Waals surface area contributed by atoms with E-state index in [1.807, 2.05) is 0 Å². The zero-order chi connectivity index (χ0) is 3.54. The minimum absolute atomic E-state index is 0. The van der Waals surface area contributed by atoms with Crippen molar-refractivity contribution in [1.29, 1.82) is 0 Å². The molecule has 1 rings (SSSR count). The molecule has 7 heavy (non-hydrogen) atoms. The van der Waals surface area contributed by atoms with E-state index in [0.717, 1.165) is 0 Å². The van der Waals surface area contributed by atoms with Crippen LogP contribution >= 0.6 is 0 Å². The Balaban J connectivity index is -0.0000000312. The second kappa shape index (κ2) is 8.47. The standard InChI is InChI=1S/CH2N4.2K.2H/c1-2-4-5-3-1;;;;/h1H2;;;;/q;2*+1;2*-1. The van der Waals surface area contributed by atoms with Crippen LogP contribution in [0.3, 0.4) is 0 Å². The van der Waals surface area contributed by atoms with Gasteiger partial charge >= 0.3 is 103 Å². The fourth-order valence-corrected chi connectivity index (χ4v) is 0.141. The van der Waals surface area contributed by atoms with Gasteiger partial charge in [0, 0.05) is 0 Å². The maximum Gasteiger partial charge on any atom is 1.00 e. The number of hydrogen-bond acceptors (Lipinski definition) is 4. The third-order valence-corrected chi connectivity index (χ3v) is 0.293. The molecule has 0 aromatic rings. The first-order valence-corrected chi connectivity index (χ1v) is 1.23. The molecule has 4 nitrogen and oxygen atoms in total. The van der Waals surface area contributed by atoms with Crippen molar-refractivity contribution in [3.8, 4) is 0 Å². The molecule has 30 valence electrons. The summed E-state index contributed by atoms with van der Waals surface area (Å²) in [6.45, 7) is 0.417. The molecule has 0 aliphatic carbocycles. The summed E-state index contributed by atoms with van der Waals surface area (Å²) in [5.41, 5.74) is 0. The van der Waals surface area contributed by atoms with Crippen molar-refractivity contribution >= 4 is 0 Å². The van der Waals surface area contributed by atoms with Crippen LogP contribution in [0.25, 0.3) is 0 Å². The molecule has 0 fully saturated rings. The van der Waals surface area contributed by atoms with Crippen molar-refractivity contribution in [3.63, 3.8) is 0 Å². The summed E-state index contributed by atoms with van der Waals surface area (Å²) < 4.78 is 0. The second-order valence-electron chi connectivity index (χ2n) is 0.603. The fraction of sp³-hybridized carbons (Fsp3) is 1.00. The Hall–Kier alpha value is 2.47. The molecule has 1 heterocycles. The first kappa shape index (κ1) is 12.2. The van der Waals surface area contributed by atoms with Crippen LogP contribution < -0.4 is 103 Å². The molecule has 0 saturated heterocycles. The maximum absolute atomic E-state index is 3.38. The monoisotopic (exact) mass is 150 g/mol. The Morgan fingerprint density at radius 2 is 1.43 bits per heavy atom. The van der Waals surface area contributed by atoms with E-state index in [1.165, 1.54) is 0 Å².